The molecule has 0 radical (unpaired) electrons. The molecule has 17 heavy (non-hydrogen) atoms. The highest BCUT2D eigenvalue weighted by atomic mass is 16.3. The van der Waals surface area contributed by atoms with E-state index >= 15 is 0 Å². The minimum Gasteiger partial charge on any atom is -0.465 e. The third kappa shape index (κ3) is 3.21. The number of furan rings is 1. The molecular weight excluding hydrogens is 210 g/mol. The molecule has 0 amide bonds. The highest BCUT2D eigenvalue weighted by Gasteiger charge is 2.05. The molecule has 0 aliphatic carbocycles. The van der Waals surface area contributed by atoms with Gasteiger partial charge in [0.2, 0.25) is 0 Å². The smallest absolute Gasteiger partial charge is 0.117 e. The summed E-state index contributed by atoms with van der Waals surface area (Å²) in [6.45, 7) is 7.00. The van der Waals surface area contributed by atoms with Gasteiger partial charge < -0.3 is 9.73 Å². The molecule has 1 heterocycles. The van der Waals surface area contributed by atoms with Crippen LogP contribution in [-0.4, -0.2) is 0 Å². The van der Waals surface area contributed by atoms with Gasteiger partial charge in [-0.25, -0.2) is 0 Å². The van der Waals surface area contributed by atoms with E-state index in [0.29, 0.717) is 6.04 Å². The lowest BCUT2D eigenvalue weighted by atomic mass is 10.1. The first kappa shape index (κ1) is 11.9. The lowest BCUT2D eigenvalue weighted by Gasteiger charge is -2.13. The molecule has 2 nitrogen and oxygen atoms in total. The summed E-state index contributed by atoms with van der Waals surface area (Å²) in [4.78, 5) is 0. The Kier molecular flexibility index (Phi) is 3.64. The maximum Gasteiger partial charge on any atom is 0.117 e. The van der Waals surface area contributed by atoms with Crippen molar-refractivity contribution in [2.24, 2.45) is 0 Å². The Bertz CT molecular complexity index is 470. The summed E-state index contributed by atoms with van der Waals surface area (Å²) in [5.41, 5.74) is 2.60. The monoisotopic (exact) mass is 229 g/mol. The van der Waals surface area contributed by atoms with Crippen molar-refractivity contribution >= 4 is 0 Å². The highest BCUT2D eigenvalue weighted by molar-refractivity contribution is 5.23. The average molecular weight is 229 g/mol. The van der Waals surface area contributed by atoms with Gasteiger partial charge in [0.15, 0.2) is 0 Å². The second kappa shape index (κ2) is 5.19. The Labute approximate surface area is 103 Å². The van der Waals surface area contributed by atoms with Crippen LogP contribution in [0.15, 0.2) is 40.8 Å². The maximum absolute atomic E-state index is 5.53. The van der Waals surface area contributed by atoms with Crippen molar-refractivity contribution in [1.29, 1.82) is 0 Å². The fourth-order valence-corrected chi connectivity index (χ4v) is 1.81. The van der Waals surface area contributed by atoms with E-state index in [-0.39, 0.29) is 0 Å². The Morgan fingerprint density at radius 1 is 1.06 bits per heavy atom. The van der Waals surface area contributed by atoms with E-state index in [9.17, 15) is 0 Å². The van der Waals surface area contributed by atoms with Crippen molar-refractivity contribution < 1.29 is 4.42 Å². The molecule has 0 aliphatic rings. The lowest BCUT2D eigenvalue weighted by Crippen LogP contribution is -2.17. The van der Waals surface area contributed by atoms with Gasteiger partial charge in [-0.1, -0.05) is 29.8 Å². The normalized spacial score (nSPS) is 12.6. The second-order valence-electron chi connectivity index (χ2n) is 4.53. The van der Waals surface area contributed by atoms with Gasteiger partial charge in [-0.15, -0.1) is 0 Å². The number of benzene rings is 1. The van der Waals surface area contributed by atoms with Crippen LogP contribution >= 0.6 is 0 Å². The maximum atomic E-state index is 5.53. The molecule has 2 heteroatoms. The number of aryl methyl sites for hydroxylation is 2. The highest BCUT2D eigenvalue weighted by Crippen LogP contribution is 2.14. The van der Waals surface area contributed by atoms with Gasteiger partial charge in [0, 0.05) is 6.04 Å². The fraction of sp³-hybridized carbons (Fsp3) is 0.333. The second-order valence-corrected chi connectivity index (χ2v) is 4.53. The zero-order chi connectivity index (χ0) is 12.3. The SMILES string of the molecule is Cc1ccc([C@H](C)NCc2ccc(C)o2)cc1. The van der Waals surface area contributed by atoms with Crippen molar-refractivity contribution in [3.63, 3.8) is 0 Å². The van der Waals surface area contributed by atoms with Gasteiger partial charge in [-0.3, -0.25) is 0 Å². The third-order valence-electron chi connectivity index (χ3n) is 2.96. The molecule has 0 saturated heterocycles. The lowest BCUT2D eigenvalue weighted by molar-refractivity contribution is 0.444. The average Bonchev–Trinajstić information content (AvgIpc) is 2.73. The zero-order valence-electron chi connectivity index (χ0n) is 10.7. The van der Waals surface area contributed by atoms with Crippen LogP contribution in [0.1, 0.15) is 35.6 Å². The molecule has 0 unspecified atom stereocenters. The van der Waals surface area contributed by atoms with Crippen LogP contribution in [0, 0.1) is 13.8 Å². The molecule has 0 bridgehead atoms. The summed E-state index contributed by atoms with van der Waals surface area (Å²) in [5, 5.41) is 3.45. The standard InChI is InChI=1S/C15H19NO/c1-11-4-7-14(8-5-11)13(3)16-10-15-9-6-12(2)17-15/h4-9,13,16H,10H2,1-3H3/t13-/m0/s1. The quantitative estimate of drug-likeness (QED) is 0.863. The van der Waals surface area contributed by atoms with Crippen LogP contribution in [0.4, 0.5) is 0 Å². The molecule has 1 N–H and O–H groups in total. The molecule has 0 aliphatic heterocycles. The minimum atomic E-state index is 0.334. The van der Waals surface area contributed by atoms with Gasteiger partial charge in [0.05, 0.1) is 6.54 Å². The molecular formula is C15H19NO. The third-order valence-corrected chi connectivity index (χ3v) is 2.96. The van der Waals surface area contributed by atoms with Gasteiger partial charge in [0.25, 0.3) is 0 Å². The first-order valence-corrected chi connectivity index (χ1v) is 6.00. The molecule has 0 fully saturated rings. The number of hydrogen-bond donors (Lipinski definition) is 1. The topological polar surface area (TPSA) is 25.2 Å². The van der Waals surface area contributed by atoms with E-state index < -0.39 is 0 Å². The first-order chi connectivity index (χ1) is 8.15. The summed E-state index contributed by atoms with van der Waals surface area (Å²) in [7, 11) is 0. The van der Waals surface area contributed by atoms with E-state index in [1.807, 2.05) is 19.1 Å². The van der Waals surface area contributed by atoms with Crippen LogP contribution < -0.4 is 5.32 Å². The fourth-order valence-electron chi connectivity index (χ4n) is 1.81. The Hall–Kier alpha value is -1.54. The molecule has 1 atom stereocenters. The van der Waals surface area contributed by atoms with E-state index in [0.717, 1.165) is 18.1 Å². The minimum absolute atomic E-state index is 0.334. The van der Waals surface area contributed by atoms with Crippen LogP contribution in [0.5, 0.6) is 0 Å². The molecule has 2 aromatic rings. The van der Waals surface area contributed by atoms with Crippen molar-refractivity contribution in [2.45, 2.75) is 33.4 Å². The van der Waals surface area contributed by atoms with Crippen LogP contribution in [0.2, 0.25) is 0 Å². The molecule has 1 aromatic heterocycles. The molecule has 2 rings (SSSR count). The number of rotatable bonds is 4. The van der Waals surface area contributed by atoms with Crippen molar-refractivity contribution in [3.05, 3.63) is 59.0 Å². The van der Waals surface area contributed by atoms with Crippen LogP contribution in [-0.2, 0) is 6.54 Å². The number of nitrogens with one attached hydrogen (secondary N) is 1. The largest absolute Gasteiger partial charge is 0.465 e. The number of hydrogen-bond acceptors (Lipinski definition) is 2. The Morgan fingerprint density at radius 3 is 2.35 bits per heavy atom. The molecule has 90 valence electrons. The van der Waals surface area contributed by atoms with E-state index in [1.54, 1.807) is 0 Å². The predicted octanol–water partition coefficient (Wildman–Crippen LogP) is 3.75. The van der Waals surface area contributed by atoms with E-state index in [2.05, 4.69) is 43.4 Å². The first-order valence-electron chi connectivity index (χ1n) is 6.00. The van der Waals surface area contributed by atoms with E-state index in [4.69, 9.17) is 4.42 Å². The van der Waals surface area contributed by atoms with Gasteiger partial charge in [-0.2, -0.15) is 0 Å². The van der Waals surface area contributed by atoms with Gasteiger partial charge in [-0.05, 0) is 38.5 Å². The van der Waals surface area contributed by atoms with Crippen LogP contribution in [0.3, 0.4) is 0 Å². The summed E-state index contributed by atoms with van der Waals surface area (Å²) >= 11 is 0. The summed E-state index contributed by atoms with van der Waals surface area (Å²) in [6, 6.07) is 13.0. The van der Waals surface area contributed by atoms with Crippen LogP contribution in [0.25, 0.3) is 0 Å². The summed E-state index contributed by atoms with van der Waals surface area (Å²) in [6.07, 6.45) is 0. The van der Waals surface area contributed by atoms with Crippen molar-refractivity contribution in [3.8, 4) is 0 Å². The summed E-state index contributed by atoms with van der Waals surface area (Å²) < 4.78 is 5.53. The Balaban J connectivity index is 1.93. The van der Waals surface area contributed by atoms with E-state index in [1.165, 1.54) is 11.1 Å². The van der Waals surface area contributed by atoms with Gasteiger partial charge >= 0.3 is 0 Å². The summed E-state index contributed by atoms with van der Waals surface area (Å²) in [5.74, 6) is 1.95. The molecule has 1 aromatic carbocycles. The Morgan fingerprint density at radius 2 is 1.76 bits per heavy atom. The van der Waals surface area contributed by atoms with Crippen molar-refractivity contribution in [1.82, 2.24) is 5.32 Å². The predicted molar refractivity (Wildman–Crippen MR) is 69.9 cm³/mol. The van der Waals surface area contributed by atoms with Gasteiger partial charge in [0.1, 0.15) is 11.5 Å². The molecule has 0 spiro atoms. The zero-order valence-corrected chi connectivity index (χ0v) is 10.7. The molecule has 0 saturated carbocycles. The van der Waals surface area contributed by atoms with Crippen molar-refractivity contribution in [2.75, 3.05) is 0 Å².